The third-order valence-electron chi connectivity index (χ3n) is 5.23. The Bertz CT molecular complexity index is 976. The molecule has 6 nitrogen and oxygen atoms in total. The number of nitrogens with one attached hydrogen (secondary N) is 1. The van der Waals surface area contributed by atoms with Crippen molar-refractivity contribution in [2.45, 2.75) is 54.2 Å². The van der Waals surface area contributed by atoms with Gasteiger partial charge in [-0.05, 0) is 54.3 Å². The molecule has 1 aliphatic heterocycles. The molecule has 2 aromatic rings. The van der Waals surface area contributed by atoms with Crippen molar-refractivity contribution in [1.29, 1.82) is 0 Å². The highest BCUT2D eigenvalue weighted by atomic mass is 32.2. The van der Waals surface area contributed by atoms with Crippen LogP contribution in [0.4, 0.5) is 0 Å². The van der Waals surface area contributed by atoms with Gasteiger partial charge in [0.1, 0.15) is 4.21 Å². The Balaban J connectivity index is 1.64. The molecule has 0 amide bonds. The zero-order chi connectivity index (χ0) is 20.4. The molecule has 1 fully saturated rings. The van der Waals surface area contributed by atoms with E-state index < -0.39 is 20.0 Å². The predicted molar refractivity (Wildman–Crippen MR) is 112 cm³/mol. The molecule has 154 valence electrons. The summed E-state index contributed by atoms with van der Waals surface area (Å²) in [7, 11) is -7.10. The van der Waals surface area contributed by atoms with Gasteiger partial charge in [0.25, 0.3) is 0 Å². The maximum atomic E-state index is 12.9. The Morgan fingerprint density at radius 2 is 1.75 bits per heavy atom. The second-order valence-electron chi connectivity index (χ2n) is 7.11. The molecular formula is C19H26N2O4S3. The largest absolute Gasteiger partial charge is 0.250 e. The smallest absolute Gasteiger partial charge is 0.207 e. The van der Waals surface area contributed by atoms with E-state index in [9.17, 15) is 16.8 Å². The molecule has 0 radical (unpaired) electrons. The third kappa shape index (κ3) is 4.65. The van der Waals surface area contributed by atoms with Gasteiger partial charge < -0.3 is 0 Å². The Labute approximate surface area is 171 Å². The lowest BCUT2D eigenvalue weighted by molar-refractivity contribution is 0.308. The molecule has 0 saturated carbocycles. The summed E-state index contributed by atoms with van der Waals surface area (Å²) in [5.74, 6) is 0.392. The van der Waals surface area contributed by atoms with E-state index in [2.05, 4.69) is 18.6 Å². The standard InChI is InChI=1S/C19H26N2O4S3/c1-3-15(2)16-6-8-18(9-7-16)28(24,25)21-12-10-17(11-13-21)20-27(22,23)19-5-4-14-26-19/h4-9,14-15,17,20H,3,10-13H2,1-2H3. The van der Waals surface area contributed by atoms with Gasteiger partial charge in [-0.1, -0.05) is 32.0 Å². The maximum Gasteiger partial charge on any atom is 0.250 e. The van der Waals surface area contributed by atoms with Gasteiger partial charge in [-0.2, -0.15) is 4.31 Å². The highest BCUT2D eigenvalue weighted by Crippen LogP contribution is 2.25. The van der Waals surface area contributed by atoms with Crippen LogP contribution >= 0.6 is 11.3 Å². The van der Waals surface area contributed by atoms with E-state index in [4.69, 9.17) is 0 Å². The molecule has 1 saturated heterocycles. The highest BCUT2D eigenvalue weighted by molar-refractivity contribution is 7.91. The molecule has 1 aromatic heterocycles. The summed E-state index contributed by atoms with van der Waals surface area (Å²) in [6.07, 6.45) is 1.91. The number of thiophene rings is 1. The minimum atomic E-state index is -3.56. The summed E-state index contributed by atoms with van der Waals surface area (Å²) in [4.78, 5) is 0.289. The molecule has 1 unspecified atom stereocenters. The number of benzene rings is 1. The molecule has 1 atom stereocenters. The van der Waals surface area contributed by atoms with Gasteiger partial charge in [-0.25, -0.2) is 21.6 Å². The van der Waals surface area contributed by atoms with Gasteiger partial charge in [-0.15, -0.1) is 11.3 Å². The van der Waals surface area contributed by atoms with Crippen molar-refractivity contribution >= 4 is 31.4 Å². The third-order valence-corrected chi connectivity index (χ3v) is 10.1. The van der Waals surface area contributed by atoms with Crippen molar-refractivity contribution in [3.63, 3.8) is 0 Å². The lowest BCUT2D eigenvalue weighted by Crippen LogP contribution is -2.46. The molecule has 1 aromatic carbocycles. The molecule has 3 rings (SSSR count). The van der Waals surface area contributed by atoms with Gasteiger partial charge in [0, 0.05) is 19.1 Å². The second-order valence-corrected chi connectivity index (χ2v) is 11.9. The van der Waals surface area contributed by atoms with Crippen LogP contribution in [0.25, 0.3) is 0 Å². The summed E-state index contributed by atoms with van der Waals surface area (Å²) in [5.41, 5.74) is 1.13. The van der Waals surface area contributed by atoms with E-state index in [1.165, 1.54) is 15.6 Å². The zero-order valence-electron chi connectivity index (χ0n) is 16.0. The summed E-state index contributed by atoms with van der Waals surface area (Å²) < 4.78 is 54.9. The van der Waals surface area contributed by atoms with E-state index in [0.29, 0.717) is 31.8 Å². The lowest BCUT2D eigenvalue weighted by Gasteiger charge is -2.31. The average molecular weight is 443 g/mol. The number of piperidine rings is 1. The topological polar surface area (TPSA) is 83.6 Å². The Hall–Kier alpha value is -1.26. The molecule has 0 bridgehead atoms. The van der Waals surface area contributed by atoms with Crippen LogP contribution < -0.4 is 4.72 Å². The SMILES string of the molecule is CCC(C)c1ccc(S(=O)(=O)N2CCC(NS(=O)(=O)c3cccs3)CC2)cc1. The molecular weight excluding hydrogens is 416 g/mol. The molecule has 1 N–H and O–H groups in total. The van der Waals surface area contributed by atoms with Crippen molar-refractivity contribution in [3.05, 3.63) is 47.3 Å². The van der Waals surface area contributed by atoms with Gasteiger partial charge >= 0.3 is 0 Å². The van der Waals surface area contributed by atoms with E-state index >= 15 is 0 Å². The van der Waals surface area contributed by atoms with Crippen LogP contribution in [-0.4, -0.2) is 40.3 Å². The number of hydrogen-bond acceptors (Lipinski definition) is 5. The number of rotatable bonds is 7. The van der Waals surface area contributed by atoms with Crippen molar-refractivity contribution in [1.82, 2.24) is 9.03 Å². The van der Waals surface area contributed by atoms with E-state index in [-0.39, 0.29) is 15.1 Å². The molecule has 9 heteroatoms. The van der Waals surface area contributed by atoms with Crippen molar-refractivity contribution in [2.24, 2.45) is 0 Å². The van der Waals surface area contributed by atoms with Crippen LogP contribution in [0.2, 0.25) is 0 Å². The first-order valence-corrected chi connectivity index (χ1v) is 13.2. The summed E-state index contributed by atoms with van der Waals surface area (Å²) >= 11 is 1.17. The predicted octanol–water partition coefficient (Wildman–Crippen LogP) is 3.39. The van der Waals surface area contributed by atoms with E-state index in [1.54, 1.807) is 29.6 Å². The first-order chi connectivity index (χ1) is 13.2. The Morgan fingerprint density at radius 3 is 2.29 bits per heavy atom. The summed E-state index contributed by atoms with van der Waals surface area (Å²) in [6, 6.07) is 10.1. The molecule has 28 heavy (non-hydrogen) atoms. The lowest BCUT2D eigenvalue weighted by atomic mass is 9.99. The quantitative estimate of drug-likeness (QED) is 0.712. The van der Waals surface area contributed by atoms with Gasteiger partial charge in [0.2, 0.25) is 20.0 Å². The molecule has 0 spiro atoms. The number of sulfonamides is 2. The van der Waals surface area contributed by atoms with Crippen LogP contribution in [0.5, 0.6) is 0 Å². The van der Waals surface area contributed by atoms with Crippen molar-refractivity contribution in [3.8, 4) is 0 Å². The van der Waals surface area contributed by atoms with Crippen molar-refractivity contribution in [2.75, 3.05) is 13.1 Å². The average Bonchev–Trinajstić information content (AvgIpc) is 3.23. The minimum Gasteiger partial charge on any atom is -0.207 e. The molecule has 1 aliphatic rings. The van der Waals surface area contributed by atoms with Crippen molar-refractivity contribution < 1.29 is 16.8 Å². The Morgan fingerprint density at radius 1 is 1.11 bits per heavy atom. The first-order valence-electron chi connectivity index (χ1n) is 9.40. The van der Waals surface area contributed by atoms with Crippen LogP contribution in [0.3, 0.4) is 0 Å². The monoisotopic (exact) mass is 442 g/mol. The van der Waals surface area contributed by atoms with Gasteiger partial charge in [-0.3, -0.25) is 0 Å². The van der Waals surface area contributed by atoms with Crippen LogP contribution in [0, 0.1) is 0 Å². The molecule has 0 aliphatic carbocycles. The number of nitrogens with zero attached hydrogens (tertiary/aromatic N) is 1. The van der Waals surface area contributed by atoms with E-state index in [1.807, 2.05) is 12.1 Å². The van der Waals surface area contributed by atoms with Crippen LogP contribution in [0.15, 0.2) is 50.9 Å². The number of hydrogen-bond donors (Lipinski definition) is 1. The minimum absolute atomic E-state index is 0.258. The van der Waals surface area contributed by atoms with Crippen LogP contribution in [0.1, 0.15) is 44.6 Å². The summed E-state index contributed by atoms with van der Waals surface area (Å²) in [6.45, 7) is 4.82. The summed E-state index contributed by atoms with van der Waals surface area (Å²) in [5, 5.41) is 1.72. The maximum absolute atomic E-state index is 12.9. The van der Waals surface area contributed by atoms with Gasteiger partial charge in [0.05, 0.1) is 4.90 Å². The molecule has 2 heterocycles. The fraction of sp³-hybridized carbons (Fsp3) is 0.474. The Kier molecular flexibility index (Phi) is 6.61. The van der Waals surface area contributed by atoms with E-state index in [0.717, 1.165) is 12.0 Å². The second kappa shape index (κ2) is 8.62. The fourth-order valence-corrected chi connectivity index (χ4v) is 7.05. The fourth-order valence-electron chi connectivity index (χ4n) is 3.26. The highest BCUT2D eigenvalue weighted by Gasteiger charge is 2.31. The van der Waals surface area contributed by atoms with Gasteiger partial charge in [0.15, 0.2) is 0 Å². The normalized spacial score (nSPS) is 18.2. The zero-order valence-corrected chi connectivity index (χ0v) is 18.5. The first kappa shape index (κ1) is 21.4. The van der Waals surface area contributed by atoms with Crippen LogP contribution in [-0.2, 0) is 20.0 Å².